The van der Waals surface area contributed by atoms with Crippen LogP contribution in [0.2, 0.25) is 0 Å². The van der Waals surface area contributed by atoms with E-state index in [0.29, 0.717) is 6.42 Å². The second-order valence-electron chi connectivity index (χ2n) is 5.79. The minimum Gasteiger partial charge on any atom is -0.339 e. The van der Waals surface area contributed by atoms with Crippen molar-refractivity contribution in [2.45, 2.75) is 25.1 Å². The molecule has 0 spiro atoms. The third kappa shape index (κ3) is 6.55. The Morgan fingerprint density at radius 3 is 2.08 bits per heavy atom. The molecule has 9 heteroatoms. The number of alkyl halides is 3. The fourth-order valence-corrected chi connectivity index (χ4v) is 2.65. The normalized spacial score (nSPS) is 16.2. The van der Waals surface area contributed by atoms with Gasteiger partial charge in [-0.25, -0.2) is 0 Å². The van der Waals surface area contributed by atoms with Gasteiger partial charge in [-0.2, -0.15) is 13.2 Å². The lowest BCUT2D eigenvalue weighted by atomic mass is 10.1. The van der Waals surface area contributed by atoms with Crippen LogP contribution in [0.15, 0.2) is 30.3 Å². The van der Waals surface area contributed by atoms with Gasteiger partial charge in [0.1, 0.15) is 6.42 Å². The van der Waals surface area contributed by atoms with Gasteiger partial charge < -0.3 is 15.5 Å². The highest BCUT2D eigenvalue weighted by Gasteiger charge is 2.35. The molecule has 1 heterocycles. The van der Waals surface area contributed by atoms with Gasteiger partial charge in [0.25, 0.3) is 0 Å². The van der Waals surface area contributed by atoms with Gasteiger partial charge >= 0.3 is 6.18 Å². The maximum absolute atomic E-state index is 12.3. The van der Waals surface area contributed by atoms with Crippen LogP contribution in [-0.4, -0.2) is 60.0 Å². The summed E-state index contributed by atoms with van der Waals surface area (Å²) in [6, 6.07) is 8.63. The molecule has 25 heavy (non-hydrogen) atoms. The van der Waals surface area contributed by atoms with Gasteiger partial charge in [0.2, 0.25) is 11.8 Å². The number of amides is 2. The summed E-state index contributed by atoms with van der Waals surface area (Å²) in [5.74, 6) is -1.20. The lowest BCUT2D eigenvalue weighted by Crippen LogP contribution is -2.55. The van der Waals surface area contributed by atoms with Crippen LogP contribution in [0.1, 0.15) is 12.0 Å². The lowest BCUT2D eigenvalue weighted by Gasteiger charge is -2.36. The molecule has 1 aliphatic rings. The summed E-state index contributed by atoms with van der Waals surface area (Å²) in [5, 5.41) is 0. The largest absolute Gasteiger partial charge is 0.397 e. The van der Waals surface area contributed by atoms with E-state index in [4.69, 9.17) is 5.73 Å². The molecular formula is C16H21ClF3N3O2. The molecule has 1 aromatic carbocycles. The van der Waals surface area contributed by atoms with E-state index in [-0.39, 0.29) is 44.5 Å². The molecule has 0 aromatic heterocycles. The number of carbonyl (C=O) groups is 2. The monoisotopic (exact) mass is 379 g/mol. The summed E-state index contributed by atoms with van der Waals surface area (Å²) in [6.07, 6.45) is -5.58. The quantitative estimate of drug-likeness (QED) is 0.864. The summed E-state index contributed by atoms with van der Waals surface area (Å²) in [6.45, 7) is 0.591. The van der Waals surface area contributed by atoms with Crippen molar-refractivity contribution in [3.63, 3.8) is 0 Å². The average Bonchev–Trinajstić information content (AvgIpc) is 2.53. The predicted octanol–water partition coefficient (Wildman–Crippen LogP) is 1.60. The highest BCUT2D eigenvalue weighted by Crippen LogP contribution is 2.21. The maximum atomic E-state index is 12.3. The van der Waals surface area contributed by atoms with Gasteiger partial charge in [-0.3, -0.25) is 9.59 Å². The number of carbonyl (C=O) groups excluding carboxylic acids is 2. The molecule has 0 aliphatic carbocycles. The topological polar surface area (TPSA) is 66.6 Å². The van der Waals surface area contributed by atoms with Crippen LogP contribution in [0.4, 0.5) is 13.2 Å². The van der Waals surface area contributed by atoms with Crippen molar-refractivity contribution in [1.82, 2.24) is 9.80 Å². The van der Waals surface area contributed by atoms with Crippen LogP contribution in [0, 0.1) is 0 Å². The highest BCUT2D eigenvalue weighted by molar-refractivity contribution is 5.85. The summed E-state index contributed by atoms with van der Waals surface area (Å²) < 4.78 is 36.8. The highest BCUT2D eigenvalue weighted by atomic mass is 35.5. The standard InChI is InChI=1S/C16H20F3N3O2.ClH/c17-16(18,19)11-14(23)21-6-8-22(9-7-21)15(24)13(20)10-12-4-2-1-3-5-12;/h1-5,13H,6-11,20H2;1H/t13-;/m0./s1. The van der Waals surface area contributed by atoms with Gasteiger partial charge in [0, 0.05) is 26.2 Å². The number of nitrogens with zero attached hydrogens (tertiary/aromatic N) is 2. The van der Waals surface area contributed by atoms with E-state index < -0.39 is 24.5 Å². The second-order valence-corrected chi connectivity index (χ2v) is 5.79. The van der Waals surface area contributed by atoms with Crippen molar-refractivity contribution in [3.05, 3.63) is 35.9 Å². The van der Waals surface area contributed by atoms with Crippen LogP contribution >= 0.6 is 12.4 Å². The first-order chi connectivity index (χ1) is 11.3. The number of benzene rings is 1. The van der Waals surface area contributed by atoms with Gasteiger partial charge in [-0.05, 0) is 12.0 Å². The Bertz CT molecular complexity index is 576. The number of hydrogen-bond acceptors (Lipinski definition) is 3. The summed E-state index contributed by atoms with van der Waals surface area (Å²) in [7, 11) is 0. The molecule has 1 atom stereocenters. The number of hydrogen-bond donors (Lipinski definition) is 1. The zero-order chi connectivity index (χ0) is 17.7. The maximum Gasteiger partial charge on any atom is 0.397 e. The smallest absolute Gasteiger partial charge is 0.339 e. The molecule has 140 valence electrons. The zero-order valence-electron chi connectivity index (χ0n) is 13.5. The Balaban J connectivity index is 0.00000312. The first-order valence-corrected chi connectivity index (χ1v) is 7.69. The van der Waals surface area contributed by atoms with Crippen molar-refractivity contribution in [2.24, 2.45) is 5.73 Å². The van der Waals surface area contributed by atoms with E-state index in [9.17, 15) is 22.8 Å². The molecule has 1 fully saturated rings. The van der Waals surface area contributed by atoms with Crippen molar-refractivity contribution in [2.75, 3.05) is 26.2 Å². The van der Waals surface area contributed by atoms with E-state index in [1.54, 1.807) is 0 Å². The molecule has 2 N–H and O–H groups in total. The minimum absolute atomic E-state index is 0. The predicted molar refractivity (Wildman–Crippen MR) is 89.2 cm³/mol. The molecule has 5 nitrogen and oxygen atoms in total. The first kappa shape index (κ1) is 21.2. The molecular weight excluding hydrogens is 359 g/mol. The second kappa shape index (κ2) is 9.05. The SMILES string of the molecule is Cl.N[C@@H](Cc1ccccc1)C(=O)N1CCN(C(=O)CC(F)(F)F)CC1. The lowest BCUT2D eigenvalue weighted by molar-refractivity contribution is -0.163. The zero-order valence-corrected chi connectivity index (χ0v) is 14.4. The van der Waals surface area contributed by atoms with Crippen LogP contribution in [0.3, 0.4) is 0 Å². The summed E-state index contributed by atoms with van der Waals surface area (Å²) >= 11 is 0. The van der Waals surface area contributed by atoms with Crippen LogP contribution < -0.4 is 5.73 Å². The fraction of sp³-hybridized carbons (Fsp3) is 0.500. The fourth-order valence-electron chi connectivity index (χ4n) is 2.65. The Morgan fingerprint density at radius 2 is 1.56 bits per heavy atom. The number of nitrogens with two attached hydrogens (primary N) is 1. The van der Waals surface area contributed by atoms with Crippen LogP contribution in [-0.2, 0) is 16.0 Å². The molecule has 0 bridgehead atoms. The number of piperazine rings is 1. The van der Waals surface area contributed by atoms with Crippen LogP contribution in [0.5, 0.6) is 0 Å². The molecule has 1 aliphatic heterocycles. The van der Waals surface area contributed by atoms with Crippen molar-refractivity contribution < 1.29 is 22.8 Å². The molecule has 2 amide bonds. The van der Waals surface area contributed by atoms with Crippen molar-refractivity contribution >= 4 is 24.2 Å². The molecule has 0 saturated carbocycles. The van der Waals surface area contributed by atoms with Crippen molar-refractivity contribution in [1.29, 1.82) is 0 Å². The Hall–Kier alpha value is -1.80. The van der Waals surface area contributed by atoms with E-state index in [1.807, 2.05) is 30.3 Å². The van der Waals surface area contributed by atoms with E-state index in [2.05, 4.69) is 0 Å². The molecule has 0 radical (unpaired) electrons. The summed E-state index contributed by atoms with van der Waals surface area (Å²) in [4.78, 5) is 26.5. The van der Waals surface area contributed by atoms with E-state index in [0.717, 1.165) is 10.5 Å². The molecule has 1 saturated heterocycles. The third-order valence-electron chi connectivity index (χ3n) is 3.91. The minimum atomic E-state index is -4.51. The average molecular weight is 380 g/mol. The van der Waals surface area contributed by atoms with Crippen LogP contribution in [0.25, 0.3) is 0 Å². The molecule has 0 unspecified atom stereocenters. The Kier molecular flexibility index (Phi) is 7.69. The van der Waals surface area contributed by atoms with Gasteiger partial charge in [0.15, 0.2) is 0 Å². The van der Waals surface area contributed by atoms with Gasteiger partial charge in [-0.15, -0.1) is 12.4 Å². The Labute approximate surface area is 150 Å². The van der Waals surface area contributed by atoms with Crippen molar-refractivity contribution in [3.8, 4) is 0 Å². The first-order valence-electron chi connectivity index (χ1n) is 7.69. The molecule has 2 rings (SSSR count). The summed E-state index contributed by atoms with van der Waals surface area (Å²) in [5.41, 5.74) is 6.88. The van der Waals surface area contributed by atoms with E-state index in [1.165, 1.54) is 4.90 Å². The van der Waals surface area contributed by atoms with E-state index >= 15 is 0 Å². The van der Waals surface area contributed by atoms with Gasteiger partial charge in [-0.1, -0.05) is 30.3 Å². The number of halogens is 4. The Morgan fingerprint density at radius 1 is 1.04 bits per heavy atom. The molecule has 1 aromatic rings. The van der Waals surface area contributed by atoms with Gasteiger partial charge in [0.05, 0.1) is 6.04 Å². The number of rotatable bonds is 4. The third-order valence-corrected chi connectivity index (χ3v) is 3.91.